The zero-order valence-electron chi connectivity index (χ0n) is 11.8. The Morgan fingerprint density at radius 2 is 2.15 bits per heavy atom. The SMILES string of the molecule is O=C(CC1CC2CCC(C1)N2)NCCc1cccnc1. The molecule has 2 atom stereocenters. The number of hydrogen-bond donors (Lipinski definition) is 2. The third-order valence-corrected chi connectivity index (χ3v) is 4.50. The molecule has 0 saturated carbocycles. The van der Waals surface area contributed by atoms with Crippen molar-refractivity contribution < 1.29 is 4.79 Å². The topological polar surface area (TPSA) is 54.0 Å². The third kappa shape index (κ3) is 3.57. The molecular weight excluding hydrogens is 250 g/mol. The van der Waals surface area contributed by atoms with Crippen molar-refractivity contribution in [3.05, 3.63) is 30.1 Å². The fraction of sp³-hybridized carbons (Fsp3) is 0.625. The highest BCUT2D eigenvalue weighted by atomic mass is 16.1. The molecular formula is C16H23N3O. The van der Waals surface area contributed by atoms with Gasteiger partial charge in [-0.05, 0) is 49.7 Å². The van der Waals surface area contributed by atoms with Gasteiger partial charge in [-0.25, -0.2) is 0 Å². The van der Waals surface area contributed by atoms with E-state index in [9.17, 15) is 4.79 Å². The largest absolute Gasteiger partial charge is 0.356 e. The Hall–Kier alpha value is -1.42. The molecule has 2 aliphatic rings. The Morgan fingerprint density at radius 1 is 1.35 bits per heavy atom. The molecule has 1 aromatic rings. The lowest BCUT2D eigenvalue weighted by Gasteiger charge is -2.28. The molecule has 108 valence electrons. The molecule has 0 aromatic carbocycles. The number of nitrogens with zero attached hydrogens (tertiary/aromatic N) is 1. The lowest BCUT2D eigenvalue weighted by atomic mass is 9.89. The van der Waals surface area contributed by atoms with E-state index in [0.29, 0.717) is 31.0 Å². The van der Waals surface area contributed by atoms with Crippen LogP contribution in [0, 0.1) is 5.92 Å². The molecule has 4 heteroatoms. The van der Waals surface area contributed by atoms with Crippen molar-refractivity contribution in [2.45, 2.75) is 50.6 Å². The van der Waals surface area contributed by atoms with Gasteiger partial charge in [0.2, 0.25) is 5.91 Å². The van der Waals surface area contributed by atoms with Gasteiger partial charge in [0.15, 0.2) is 0 Å². The van der Waals surface area contributed by atoms with Crippen LogP contribution in [-0.2, 0) is 11.2 Å². The fourth-order valence-electron chi connectivity index (χ4n) is 3.57. The van der Waals surface area contributed by atoms with E-state index in [1.165, 1.54) is 31.2 Å². The molecule has 0 radical (unpaired) electrons. The number of carbonyl (C=O) groups excluding carboxylic acids is 1. The molecule has 4 nitrogen and oxygen atoms in total. The summed E-state index contributed by atoms with van der Waals surface area (Å²) in [4.78, 5) is 16.1. The Bertz CT molecular complexity index is 436. The van der Waals surface area contributed by atoms with Gasteiger partial charge in [-0.1, -0.05) is 6.07 Å². The highest BCUT2D eigenvalue weighted by molar-refractivity contribution is 5.76. The van der Waals surface area contributed by atoms with Crippen LogP contribution >= 0.6 is 0 Å². The molecule has 20 heavy (non-hydrogen) atoms. The number of fused-ring (bicyclic) bond motifs is 2. The first-order chi connectivity index (χ1) is 9.79. The second-order valence-corrected chi connectivity index (χ2v) is 6.14. The number of aromatic nitrogens is 1. The van der Waals surface area contributed by atoms with Crippen LogP contribution in [0.2, 0.25) is 0 Å². The number of pyridine rings is 1. The number of piperidine rings is 1. The van der Waals surface area contributed by atoms with Crippen molar-refractivity contribution in [3.63, 3.8) is 0 Å². The minimum absolute atomic E-state index is 0.209. The predicted octanol–water partition coefficient (Wildman–Crippen LogP) is 1.66. The molecule has 1 aromatic heterocycles. The molecule has 3 rings (SSSR count). The van der Waals surface area contributed by atoms with Crippen molar-refractivity contribution in [1.29, 1.82) is 0 Å². The van der Waals surface area contributed by atoms with Crippen LogP contribution in [0.15, 0.2) is 24.5 Å². The Kier molecular flexibility index (Phi) is 4.31. The average Bonchev–Trinajstić information content (AvgIpc) is 2.79. The summed E-state index contributed by atoms with van der Waals surface area (Å²) in [5.41, 5.74) is 1.17. The van der Waals surface area contributed by atoms with Crippen LogP contribution in [0.4, 0.5) is 0 Å². The molecule has 2 fully saturated rings. The summed E-state index contributed by atoms with van der Waals surface area (Å²) in [6.45, 7) is 0.711. The van der Waals surface area contributed by atoms with Crippen LogP contribution in [0.3, 0.4) is 0 Å². The Labute approximate surface area is 120 Å². The minimum atomic E-state index is 0.209. The van der Waals surface area contributed by atoms with Gasteiger partial charge < -0.3 is 10.6 Å². The highest BCUT2D eigenvalue weighted by Gasteiger charge is 2.33. The van der Waals surface area contributed by atoms with Crippen molar-refractivity contribution >= 4 is 5.91 Å². The lowest BCUT2D eigenvalue weighted by Crippen LogP contribution is -2.39. The molecule has 0 aliphatic carbocycles. The fourth-order valence-corrected chi connectivity index (χ4v) is 3.57. The maximum absolute atomic E-state index is 12.0. The van der Waals surface area contributed by atoms with E-state index in [4.69, 9.17) is 0 Å². The molecule has 3 heterocycles. The predicted molar refractivity (Wildman–Crippen MR) is 78.2 cm³/mol. The molecule has 1 amide bonds. The monoisotopic (exact) mass is 273 g/mol. The van der Waals surface area contributed by atoms with Gasteiger partial charge in [-0.3, -0.25) is 9.78 Å². The maximum atomic E-state index is 12.0. The van der Waals surface area contributed by atoms with Crippen molar-refractivity contribution in [2.75, 3.05) is 6.54 Å². The number of carbonyl (C=O) groups is 1. The van der Waals surface area contributed by atoms with E-state index in [0.717, 1.165) is 6.42 Å². The first kappa shape index (κ1) is 13.6. The molecule has 2 saturated heterocycles. The van der Waals surface area contributed by atoms with Gasteiger partial charge in [0.25, 0.3) is 0 Å². The molecule has 2 aliphatic heterocycles. The van der Waals surface area contributed by atoms with E-state index in [2.05, 4.69) is 15.6 Å². The van der Waals surface area contributed by atoms with E-state index >= 15 is 0 Å². The number of hydrogen-bond acceptors (Lipinski definition) is 3. The smallest absolute Gasteiger partial charge is 0.220 e. The summed E-state index contributed by atoms with van der Waals surface area (Å²) in [6, 6.07) is 5.31. The van der Waals surface area contributed by atoms with Crippen LogP contribution in [0.25, 0.3) is 0 Å². The maximum Gasteiger partial charge on any atom is 0.220 e. The molecule has 2 bridgehead atoms. The minimum Gasteiger partial charge on any atom is -0.356 e. The van der Waals surface area contributed by atoms with Crippen molar-refractivity contribution in [1.82, 2.24) is 15.6 Å². The summed E-state index contributed by atoms with van der Waals surface area (Å²) in [6.07, 6.45) is 10.1. The number of nitrogens with one attached hydrogen (secondary N) is 2. The lowest BCUT2D eigenvalue weighted by molar-refractivity contribution is -0.122. The first-order valence-corrected chi connectivity index (χ1v) is 7.71. The van der Waals surface area contributed by atoms with Gasteiger partial charge in [0.05, 0.1) is 0 Å². The third-order valence-electron chi connectivity index (χ3n) is 4.50. The molecule has 0 spiro atoms. The normalized spacial score (nSPS) is 28.3. The average molecular weight is 273 g/mol. The number of rotatable bonds is 5. The quantitative estimate of drug-likeness (QED) is 0.858. The highest BCUT2D eigenvalue weighted by Crippen LogP contribution is 2.32. The van der Waals surface area contributed by atoms with Crippen LogP contribution in [0.1, 0.15) is 37.7 Å². The second kappa shape index (κ2) is 6.35. The van der Waals surface area contributed by atoms with Gasteiger partial charge in [-0.15, -0.1) is 0 Å². The van der Waals surface area contributed by atoms with E-state index in [1.54, 1.807) is 6.20 Å². The zero-order valence-corrected chi connectivity index (χ0v) is 11.8. The summed E-state index contributed by atoms with van der Waals surface area (Å²) >= 11 is 0. The van der Waals surface area contributed by atoms with E-state index in [-0.39, 0.29) is 5.91 Å². The van der Waals surface area contributed by atoms with Crippen LogP contribution in [-0.4, -0.2) is 29.5 Å². The van der Waals surface area contributed by atoms with E-state index in [1.807, 2.05) is 18.3 Å². The van der Waals surface area contributed by atoms with Crippen molar-refractivity contribution in [2.24, 2.45) is 5.92 Å². The Morgan fingerprint density at radius 3 is 2.85 bits per heavy atom. The van der Waals surface area contributed by atoms with Crippen LogP contribution in [0.5, 0.6) is 0 Å². The summed E-state index contributed by atoms with van der Waals surface area (Å²) in [5, 5.41) is 6.66. The van der Waals surface area contributed by atoms with Gasteiger partial charge in [0, 0.05) is 37.4 Å². The Balaban J connectivity index is 1.37. The van der Waals surface area contributed by atoms with Crippen LogP contribution < -0.4 is 10.6 Å². The molecule has 2 N–H and O–H groups in total. The summed E-state index contributed by atoms with van der Waals surface area (Å²) in [7, 11) is 0. The zero-order chi connectivity index (χ0) is 13.8. The number of amides is 1. The van der Waals surface area contributed by atoms with Gasteiger partial charge in [-0.2, -0.15) is 0 Å². The standard InChI is InChI=1S/C16H23N3O/c20-16(18-7-5-12-2-1-6-17-11-12)10-13-8-14-3-4-15(9-13)19-14/h1-2,6,11,13-15,19H,3-5,7-10H2,(H,18,20). The first-order valence-electron chi connectivity index (χ1n) is 7.71. The van der Waals surface area contributed by atoms with E-state index < -0.39 is 0 Å². The van der Waals surface area contributed by atoms with Gasteiger partial charge >= 0.3 is 0 Å². The summed E-state index contributed by atoms with van der Waals surface area (Å²) in [5.74, 6) is 0.785. The molecule has 2 unspecified atom stereocenters. The second-order valence-electron chi connectivity index (χ2n) is 6.14. The van der Waals surface area contributed by atoms with Gasteiger partial charge in [0.1, 0.15) is 0 Å². The van der Waals surface area contributed by atoms with Crippen molar-refractivity contribution in [3.8, 4) is 0 Å². The summed E-state index contributed by atoms with van der Waals surface area (Å²) < 4.78 is 0.